The van der Waals surface area contributed by atoms with Gasteiger partial charge >= 0.3 is 0 Å². The van der Waals surface area contributed by atoms with Crippen molar-refractivity contribution in [3.63, 3.8) is 0 Å². The average molecular weight is 204 g/mol. The van der Waals surface area contributed by atoms with Crippen LogP contribution in [0.5, 0.6) is 0 Å². The molecule has 0 aliphatic heterocycles. The maximum atomic E-state index is 12.0. The van der Waals surface area contributed by atoms with E-state index in [2.05, 4.69) is 4.98 Å². The normalized spacial score (nSPS) is 25.5. The third kappa shape index (κ3) is 2.23. The van der Waals surface area contributed by atoms with Gasteiger partial charge in [0, 0.05) is 29.4 Å². The van der Waals surface area contributed by atoms with Crippen LogP contribution in [-0.4, -0.2) is 16.8 Å². The molecular formula is C12H16N2O. The summed E-state index contributed by atoms with van der Waals surface area (Å²) in [5, 5.41) is 0. The minimum absolute atomic E-state index is 0.115. The summed E-state index contributed by atoms with van der Waals surface area (Å²) in [5.74, 6) is 0.319. The number of aromatic nitrogens is 1. The molecule has 0 amide bonds. The van der Waals surface area contributed by atoms with Crippen LogP contribution in [0.25, 0.3) is 0 Å². The number of ketones is 1. The fourth-order valence-corrected chi connectivity index (χ4v) is 2.10. The largest absolute Gasteiger partial charge is 0.328 e. The van der Waals surface area contributed by atoms with E-state index in [-0.39, 0.29) is 17.7 Å². The summed E-state index contributed by atoms with van der Waals surface area (Å²) < 4.78 is 0. The van der Waals surface area contributed by atoms with Crippen LogP contribution in [-0.2, 0) is 0 Å². The first kappa shape index (κ1) is 10.3. The van der Waals surface area contributed by atoms with Crippen molar-refractivity contribution in [2.75, 3.05) is 0 Å². The number of nitrogens with zero attached hydrogens (tertiary/aromatic N) is 1. The predicted molar refractivity (Wildman–Crippen MR) is 58.6 cm³/mol. The molecule has 1 aromatic rings. The van der Waals surface area contributed by atoms with Crippen molar-refractivity contribution in [2.24, 2.45) is 11.7 Å². The van der Waals surface area contributed by atoms with Gasteiger partial charge < -0.3 is 5.73 Å². The van der Waals surface area contributed by atoms with E-state index in [0.717, 1.165) is 30.5 Å². The zero-order valence-electron chi connectivity index (χ0n) is 8.94. The first-order valence-corrected chi connectivity index (χ1v) is 5.39. The number of aryl methyl sites for hydroxylation is 1. The molecule has 80 valence electrons. The average Bonchev–Trinajstić information content (AvgIpc) is 2.65. The monoisotopic (exact) mass is 204 g/mol. The van der Waals surface area contributed by atoms with E-state index < -0.39 is 0 Å². The summed E-state index contributed by atoms with van der Waals surface area (Å²) in [6.07, 6.45) is 4.39. The van der Waals surface area contributed by atoms with E-state index in [1.54, 1.807) is 6.20 Å². The van der Waals surface area contributed by atoms with Crippen molar-refractivity contribution in [3.05, 3.63) is 29.6 Å². The second-order valence-electron chi connectivity index (χ2n) is 4.32. The van der Waals surface area contributed by atoms with Crippen LogP contribution in [0.1, 0.15) is 35.3 Å². The second-order valence-corrected chi connectivity index (χ2v) is 4.32. The molecule has 1 aromatic heterocycles. The highest BCUT2D eigenvalue weighted by Crippen LogP contribution is 2.27. The quantitative estimate of drug-likeness (QED) is 0.746. The van der Waals surface area contributed by atoms with E-state index in [1.807, 2.05) is 19.1 Å². The van der Waals surface area contributed by atoms with Crippen LogP contribution in [0.15, 0.2) is 18.3 Å². The topological polar surface area (TPSA) is 56.0 Å². The molecule has 2 N–H and O–H groups in total. The van der Waals surface area contributed by atoms with E-state index in [4.69, 9.17) is 5.73 Å². The van der Waals surface area contributed by atoms with Crippen molar-refractivity contribution in [2.45, 2.75) is 32.2 Å². The minimum Gasteiger partial charge on any atom is -0.328 e. The molecule has 15 heavy (non-hydrogen) atoms. The Bertz CT molecular complexity index is 358. The van der Waals surface area contributed by atoms with Crippen LogP contribution in [0.3, 0.4) is 0 Å². The van der Waals surface area contributed by atoms with Gasteiger partial charge in [0.2, 0.25) is 0 Å². The Balaban J connectivity index is 2.11. The molecule has 0 spiro atoms. The first-order chi connectivity index (χ1) is 7.16. The maximum Gasteiger partial charge on any atom is 0.167 e. The lowest BCUT2D eigenvalue weighted by Gasteiger charge is -2.07. The van der Waals surface area contributed by atoms with Gasteiger partial charge in [-0.2, -0.15) is 0 Å². The molecule has 3 heteroatoms. The zero-order valence-corrected chi connectivity index (χ0v) is 8.94. The van der Waals surface area contributed by atoms with Gasteiger partial charge in [-0.05, 0) is 38.3 Å². The number of Topliss-reactive ketones (excluding diaryl/α,β-unsaturated/α-hetero) is 1. The van der Waals surface area contributed by atoms with E-state index in [1.165, 1.54) is 0 Å². The summed E-state index contributed by atoms with van der Waals surface area (Å²) in [6, 6.07) is 3.94. The van der Waals surface area contributed by atoms with Crippen molar-refractivity contribution in [1.82, 2.24) is 4.98 Å². The molecule has 1 aliphatic rings. The number of hydrogen-bond acceptors (Lipinski definition) is 3. The van der Waals surface area contributed by atoms with Gasteiger partial charge in [-0.1, -0.05) is 0 Å². The SMILES string of the molecule is Cc1ccc(C(=O)C2CCC(N)C2)cn1. The molecule has 0 saturated heterocycles. The Kier molecular flexibility index (Phi) is 2.82. The Morgan fingerprint density at radius 1 is 1.47 bits per heavy atom. The van der Waals surface area contributed by atoms with Gasteiger partial charge in [0.05, 0.1) is 0 Å². The van der Waals surface area contributed by atoms with Crippen molar-refractivity contribution < 1.29 is 4.79 Å². The molecule has 0 radical (unpaired) electrons. The third-order valence-electron chi connectivity index (χ3n) is 3.04. The molecule has 0 bridgehead atoms. The van der Waals surface area contributed by atoms with Crippen LogP contribution < -0.4 is 5.73 Å². The Hall–Kier alpha value is -1.22. The number of hydrogen-bond donors (Lipinski definition) is 1. The Morgan fingerprint density at radius 3 is 2.80 bits per heavy atom. The van der Waals surface area contributed by atoms with Gasteiger partial charge in [0.1, 0.15) is 0 Å². The molecule has 3 nitrogen and oxygen atoms in total. The van der Waals surface area contributed by atoms with Gasteiger partial charge in [-0.3, -0.25) is 9.78 Å². The summed E-state index contributed by atoms with van der Waals surface area (Å²) in [7, 11) is 0. The molecule has 2 rings (SSSR count). The minimum atomic E-state index is 0.115. The smallest absolute Gasteiger partial charge is 0.167 e. The fraction of sp³-hybridized carbons (Fsp3) is 0.500. The number of rotatable bonds is 2. The zero-order chi connectivity index (χ0) is 10.8. The van der Waals surface area contributed by atoms with E-state index in [0.29, 0.717) is 0 Å². The molecule has 1 fully saturated rings. The Labute approximate surface area is 89.7 Å². The first-order valence-electron chi connectivity index (χ1n) is 5.39. The summed E-state index contributed by atoms with van der Waals surface area (Å²) >= 11 is 0. The van der Waals surface area contributed by atoms with Crippen LogP contribution in [0.4, 0.5) is 0 Å². The van der Waals surface area contributed by atoms with Gasteiger partial charge in [0.15, 0.2) is 5.78 Å². The molecule has 2 atom stereocenters. The maximum absolute atomic E-state index is 12.0. The lowest BCUT2D eigenvalue weighted by molar-refractivity contribution is 0.0921. The lowest BCUT2D eigenvalue weighted by atomic mass is 9.97. The van der Waals surface area contributed by atoms with Crippen LogP contribution >= 0.6 is 0 Å². The van der Waals surface area contributed by atoms with Gasteiger partial charge in [-0.15, -0.1) is 0 Å². The predicted octanol–water partition coefficient (Wildman–Crippen LogP) is 1.70. The van der Waals surface area contributed by atoms with Crippen LogP contribution in [0.2, 0.25) is 0 Å². The lowest BCUT2D eigenvalue weighted by Crippen LogP contribution is -2.18. The number of pyridine rings is 1. The molecule has 1 heterocycles. The number of carbonyl (C=O) groups is 1. The van der Waals surface area contributed by atoms with Crippen LogP contribution in [0, 0.1) is 12.8 Å². The van der Waals surface area contributed by atoms with Crippen molar-refractivity contribution >= 4 is 5.78 Å². The highest BCUT2D eigenvalue weighted by molar-refractivity contribution is 5.97. The summed E-state index contributed by atoms with van der Waals surface area (Å²) in [4.78, 5) is 16.1. The molecule has 0 aromatic carbocycles. The Morgan fingerprint density at radius 2 is 2.27 bits per heavy atom. The van der Waals surface area contributed by atoms with Gasteiger partial charge in [-0.25, -0.2) is 0 Å². The standard InChI is InChI=1S/C12H16N2O/c1-8-2-3-10(7-14-8)12(15)9-4-5-11(13)6-9/h2-3,7,9,11H,4-6,13H2,1H3. The van der Waals surface area contributed by atoms with Crippen molar-refractivity contribution in [1.29, 1.82) is 0 Å². The summed E-state index contributed by atoms with van der Waals surface area (Å²) in [6.45, 7) is 1.92. The van der Waals surface area contributed by atoms with E-state index >= 15 is 0 Å². The summed E-state index contributed by atoms with van der Waals surface area (Å²) in [5.41, 5.74) is 7.46. The molecule has 2 unspecified atom stereocenters. The second kappa shape index (κ2) is 4.11. The highest BCUT2D eigenvalue weighted by Gasteiger charge is 2.28. The van der Waals surface area contributed by atoms with Gasteiger partial charge in [0.25, 0.3) is 0 Å². The number of carbonyl (C=O) groups excluding carboxylic acids is 1. The molecular weight excluding hydrogens is 188 g/mol. The fourth-order valence-electron chi connectivity index (χ4n) is 2.10. The number of nitrogens with two attached hydrogens (primary N) is 1. The van der Waals surface area contributed by atoms with E-state index in [9.17, 15) is 4.79 Å². The highest BCUT2D eigenvalue weighted by atomic mass is 16.1. The third-order valence-corrected chi connectivity index (χ3v) is 3.04. The molecule has 1 saturated carbocycles. The molecule has 1 aliphatic carbocycles. The van der Waals surface area contributed by atoms with Crippen molar-refractivity contribution in [3.8, 4) is 0 Å².